The van der Waals surface area contributed by atoms with Crippen molar-refractivity contribution >= 4 is 46.1 Å². The minimum absolute atomic E-state index is 0.647. The van der Waals surface area contributed by atoms with E-state index in [1.165, 1.54) is 10.5 Å². The molecule has 0 aliphatic carbocycles. The second-order valence-corrected chi connectivity index (χ2v) is 7.88. The Hall–Kier alpha value is -2.43. The fraction of sp³-hybridized carbons (Fsp3) is 0.0909. The van der Waals surface area contributed by atoms with Gasteiger partial charge in [-0.3, -0.25) is 4.99 Å². The van der Waals surface area contributed by atoms with Crippen LogP contribution >= 0.6 is 24.0 Å². The third kappa shape index (κ3) is 3.87. The molecule has 3 aromatic carbocycles. The first kappa shape index (κ1) is 17.0. The molecule has 0 saturated carbocycles. The number of nitrogens with zero attached hydrogens (tertiary/aromatic N) is 1. The molecular formula is C22H18N2S2. The monoisotopic (exact) mass is 374 g/mol. The van der Waals surface area contributed by atoms with E-state index in [9.17, 15) is 0 Å². The fourth-order valence-electron chi connectivity index (χ4n) is 2.84. The summed E-state index contributed by atoms with van der Waals surface area (Å²) in [7, 11) is 0. The number of rotatable bonds is 3. The summed E-state index contributed by atoms with van der Waals surface area (Å²) in [5.41, 5.74) is 5.26. The van der Waals surface area contributed by atoms with Crippen LogP contribution in [0.4, 0.5) is 11.4 Å². The van der Waals surface area contributed by atoms with E-state index in [1.54, 1.807) is 11.8 Å². The minimum Gasteiger partial charge on any atom is -0.348 e. The second kappa shape index (κ2) is 7.44. The zero-order chi connectivity index (χ0) is 17.9. The SMILES string of the molecule is Cc1ccc(C2=Nc3cc(Sc4ccccc4)ccc3NC(=S)C2)cc1. The number of aryl methyl sites for hydroxylation is 1. The van der Waals surface area contributed by atoms with Gasteiger partial charge in [0.15, 0.2) is 0 Å². The highest BCUT2D eigenvalue weighted by atomic mass is 32.2. The van der Waals surface area contributed by atoms with Crippen LogP contribution in [0.15, 0.2) is 87.6 Å². The van der Waals surface area contributed by atoms with Gasteiger partial charge in [0.1, 0.15) is 0 Å². The molecule has 0 atom stereocenters. The molecule has 128 valence electrons. The standard InChI is InChI=1S/C22H18N2S2/c1-15-7-9-16(10-8-15)20-14-22(25)24-19-12-11-18(13-21(19)23-20)26-17-5-3-2-4-6-17/h2-13H,14H2,1H3,(H,24,25). The molecule has 0 spiro atoms. The van der Waals surface area contributed by atoms with Gasteiger partial charge >= 0.3 is 0 Å². The number of thiocarbonyl (C=S) groups is 1. The highest BCUT2D eigenvalue weighted by Gasteiger charge is 2.15. The van der Waals surface area contributed by atoms with Gasteiger partial charge in [-0.2, -0.15) is 0 Å². The van der Waals surface area contributed by atoms with E-state index >= 15 is 0 Å². The normalized spacial score (nSPS) is 13.4. The Bertz CT molecular complexity index is 977. The third-order valence-corrected chi connectivity index (χ3v) is 5.43. The summed E-state index contributed by atoms with van der Waals surface area (Å²) >= 11 is 7.25. The van der Waals surface area contributed by atoms with Crippen molar-refractivity contribution in [3.05, 3.63) is 83.9 Å². The van der Waals surface area contributed by atoms with Crippen molar-refractivity contribution in [3.63, 3.8) is 0 Å². The Balaban J connectivity index is 1.71. The quantitative estimate of drug-likeness (QED) is 0.536. The Morgan fingerprint density at radius 1 is 0.923 bits per heavy atom. The molecule has 1 aliphatic heterocycles. The molecule has 4 heteroatoms. The van der Waals surface area contributed by atoms with Gasteiger partial charge in [0.2, 0.25) is 0 Å². The Kier molecular flexibility index (Phi) is 4.87. The van der Waals surface area contributed by atoms with E-state index in [0.717, 1.165) is 32.5 Å². The maximum Gasteiger partial charge on any atom is 0.0879 e. The number of hydrogen-bond donors (Lipinski definition) is 1. The Morgan fingerprint density at radius 2 is 1.69 bits per heavy atom. The molecule has 0 saturated heterocycles. The Labute approximate surface area is 163 Å². The number of benzene rings is 3. The van der Waals surface area contributed by atoms with Crippen molar-refractivity contribution in [3.8, 4) is 0 Å². The van der Waals surface area contributed by atoms with Crippen molar-refractivity contribution in [2.24, 2.45) is 4.99 Å². The second-order valence-electron chi connectivity index (χ2n) is 6.24. The molecule has 1 aliphatic rings. The van der Waals surface area contributed by atoms with Gasteiger partial charge in [0, 0.05) is 16.2 Å². The van der Waals surface area contributed by atoms with Crippen molar-refractivity contribution in [2.75, 3.05) is 5.32 Å². The van der Waals surface area contributed by atoms with Gasteiger partial charge in [-0.25, -0.2) is 0 Å². The fourth-order valence-corrected chi connectivity index (χ4v) is 3.96. The van der Waals surface area contributed by atoms with Crippen molar-refractivity contribution in [2.45, 2.75) is 23.1 Å². The van der Waals surface area contributed by atoms with E-state index in [0.29, 0.717) is 6.42 Å². The zero-order valence-corrected chi connectivity index (χ0v) is 16.0. The topological polar surface area (TPSA) is 24.4 Å². The average molecular weight is 375 g/mol. The molecule has 0 fully saturated rings. The molecule has 3 aromatic rings. The maximum absolute atomic E-state index is 5.51. The van der Waals surface area contributed by atoms with Crippen molar-refractivity contribution < 1.29 is 0 Å². The predicted molar refractivity (Wildman–Crippen MR) is 115 cm³/mol. The van der Waals surface area contributed by atoms with Crippen molar-refractivity contribution in [1.82, 2.24) is 0 Å². The summed E-state index contributed by atoms with van der Waals surface area (Å²) < 4.78 is 0. The predicted octanol–water partition coefficient (Wildman–Crippen LogP) is 6.41. The van der Waals surface area contributed by atoms with Crippen LogP contribution in [-0.4, -0.2) is 10.7 Å². The van der Waals surface area contributed by atoms with Crippen molar-refractivity contribution in [1.29, 1.82) is 0 Å². The number of fused-ring (bicyclic) bond motifs is 1. The largest absolute Gasteiger partial charge is 0.348 e. The summed E-state index contributed by atoms with van der Waals surface area (Å²) in [6.45, 7) is 2.09. The molecule has 0 amide bonds. The average Bonchev–Trinajstić information content (AvgIpc) is 2.81. The molecule has 26 heavy (non-hydrogen) atoms. The van der Waals surface area contributed by atoms with E-state index in [2.05, 4.69) is 79.0 Å². The van der Waals surface area contributed by atoms with Gasteiger partial charge in [0.05, 0.1) is 22.1 Å². The zero-order valence-electron chi connectivity index (χ0n) is 14.4. The first-order valence-corrected chi connectivity index (χ1v) is 9.71. The lowest BCUT2D eigenvalue weighted by molar-refractivity contribution is 1.37. The van der Waals surface area contributed by atoms with Crippen LogP contribution in [0.1, 0.15) is 17.5 Å². The van der Waals surface area contributed by atoms with E-state index in [1.807, 2.05) is 6.07 Å². The summed E-state index contributed by atoms with van der Waals surface area (Å²) in [5, 5.41) is 3.33. The van der Waals surface area contributed by atoms with Gasteiger partial charge in [-0.1, -0.05) is 72.0 Å². The summed E-state index contributed by atoms with van der Waals surface area (Å²) in [6, 6.07) is 25.1. The molecular weight excluding hydrogens is 356 g/mol. The molecule has 0 radical (unpaired) electrons. The number of hydrogen-bond acceptors (Lipinski definition) is 3. The summed E-state index contributed by atoms with van der Waals surface area (Å²) in [4.78, 5) is 8.12. The first-order valence-electron chi connectivity index (χ1n) is 8.49. The van der Waals surface area contributed by atoms with Gasteiger partial charge in [0.25, 0.3) is 0 Å². The smallest absolute Gasteiger partial charge is 0.0879 e. The van der Waals surface area contributed by atoms with Gasteiger partial charge < -0.3 is 5.32 Å². The molecule has 0 bridgehead atoms. The summed E-state index contributed by atoms with van der Waals surface area (Å²) in [5.74, 6) is 0. The molecule has 0 unspecified atom stereocenters. The maximum atomic E-state index is 5.51. The lowest BCUT2D eigenvalue weighted by Crippen LogP contribution is -2.12. The van der Waals surface area contributed by atoms with Crippen LogP contribution in [0.2, 0.25) is 0 Å². The lowest BCUT2D eigenvalue weighted by Gasteiger charge is -2.08. The number of anilines is 1. The minimum atomic E-state index is 0.647. The van der Waals surface area contributed by atoms with Gasteiger partial charge in [-0.05, 0) is 42.8 Å². The molecule has 1 heterocycles. The first-order chi connectivity index (χ1) is 12.7. The van der Waals surface area contributed by atoms with Gasteiger partial charge in [-0.15, -0.1) is 0 Å². The lowest BCUT2D eigenvalue weighted by atomic mass is 10.1. The van der Waals surface area contributed by atoms with Crippen LogP contribution in [0.3, 0.4) is 0 Å². The molecule has 0 aromatic heterocycles. The van der Waals surface area contributed by atoms with Crippen LogP contribution < -0.4 is 5.32 Å². The van der Waals surface area contributed by atoms with E-state index in [4.69, 9.17) is 17.2 Å². The van der Waals surface area contributed by atoms with Crippen LogP contribution in [0.25, 0.3) is 0 Å². The number of nitrogens with one attached hydrogen (secondary N) is 1. The van der Waals surface area contributed by atoms with Crippen LogP contribution in [0, 0.1) is 6.92 Å². The van der Waals surface area contributed by atoms with Crippen LogP contribution in [-0.2, 0) is 0 Å². The van der Waals surface area contributed by atoms with E-state index in [-0.39, 0.29) is 0 Å². The Morgan fingerprint density at radius 3 is 2.46 bits per heavy atom. The number of aliphatic imine (C=N–C) groups is 1. The third-order valence-electron chi connectivity index (χ3n) is 4.19. The molecule has 1 N–H and O–H groups in total. The molecule has 4 rings (SSSR count). The highest BCUT2D eigenvalue weighted by molar-refractivity contribution is 7.99. The summed E-state index contributed by atoms with van der Waals surface area (Å²) in [6.07, 6.45) is 0.647. The van der Waals surface area contributed by atoms with Crippen LogP contribution in [0.5, 0.6) is 0 Å². The molecule has 2 nitrogen and oxygen atoms in total. The van der Waals surface area contributed by atoms with E-state index < -0.39 is 0 Å². The highest BCUT2D eigenvalue weighted by Crippen LogP contribution is 2.36.